The van der Waals surface area contributed by atoms with Crippen molar-refractivity contribution in [3.05, 3.63) is 24.7 Å². The Kier molecular flexibility index (Phi) is 4.61. The van der Waals surface area contributed by atoms with E-state index in [9.17, 15) is 13.2 Å². The number of alkyl halides is 3. The van der Waals surface area contributed by atoms with Gasteiger partial charge in [0.25, 0.3) is 0 Å². The number of aromatic nitrogens is 5. The van der Waals surface area contributed by atoms with Crippen molar-refractivity contribution >= 4 is 22.7 Å². The van der Waals surface area contributed by atoms with E-state index in [1.807, 2.05) is 0 Å². The number of anilines is 2. The largest absolute Gasteiger partial charge is 0.477 e. The van der Waals surface area contributed by atoms with Gasteiger partial charge in [-0.05, 0) is 13.1 Å². The topological polar surface area (TPSA) is 83.9 Å². The van der Waals surface area contributed by atoms with Crippen molar-refractivity contribution in [2.75, 3.05) is 32.1 Å². The monoisotopic (exact) mass is 395 g/mol. The van der Waals surface area contributed by atoms with Gasteiger partial charge in [0.15, 0.2) is 0 Å². The molecule has 0 radical (unpaired) electrons. The first-order valence-electron chi connectivity index (χ1n) is 8.78. The summed E-state index contributed by atoms with van der Waals surface area (Å²) >= 11 is 0. The maximum absolute atomic E-state index is 13.3. The van der Waals surface area contributed by atoms with Crippen molar-refractivity contribution < 1.29 is 17.9 Å². The minimum Gasteiger partial charge on any atom is -0.477 e. The van der Waals surface area contributed by atoms with Gasteiger partial charge in [-0.1, -0.05) is 0 Å². The highest BCUT2D eigenvalue weighted by molar-refractivity contribution is 5.82. The molecule has 3 aromatic rings. The molecule has 0 spiro atoms. The lowest BCUT2D eigenvalue weighted by atomic mass is 9.96. The van der Waals surface area contributed by atoms with Crippen molar-refractivity contribution in [1.82, 2.24) is 29.6 Å². The Morgan fingerprint density at radius 2 is 2.11 bits per heavy atom. The first-order valence-corrected chi connectivity index (χ1v) is 8.78. The van der Waals surface area contributed by atoms with E-state index in [4.69, 9.17) is 4.74 Å². The lowest BCUT2D eigenvalue weighted by molar-refractivity contribution is -0.182. The lowest BCUT2D eigenvalue weighted by Gasteiger charge is -2.21. The number of ether oxygens (including phenoxy) is 1. The summed E-state index contributed by atoms with van der Waals surface area (Å²) in [6.45, 7) is 0.235. The molecule has 0 aliphatic carbocycles. The van der Waals surface area contributed by atoms with Crippen LogP contribution in [0.4, 0.5) is 24.8 Å². The molecule has 0 amide bonds. The number of aromatic amines is 1. The maximum atomic E-state index is 13.3. The van der Waals surface area contributed by atoms with Crippen LogP contribution in [0.5, 0.6) is 5.88 Å². The summed E-state index contributed by atoms with van der Waals surface area (Å²) < 4.78 is 47.3. The van der Waals surface area contributed by atoms with Gasteiger partial charge in [0.2, 0.25) is 11.8 Å². The second-order valence-electron chi connectivity index (χ2n) is 7.06. The minimum absolute atomic E-state index is 0.0192. The number of hydrogen-bond acceptors (Lipinski definition) is 6. The van der Waals surface area contributed by atoms with Crippen molar-refractivity contribution in [1.29, 1.82) is 0 Å². The van der Waals surface area contributed by atoms with Crippen molar-refractivity contribution in [2.45, 2.75) is 6.18 Å². The van der Waals surface area contributed by atoms with E-state index in [0.29, 0.717) is 23.3 Å². The molecule has 1 fully saturated rings. The normalized spacial score (nSPS) is 20.8. The average Bonchev–Trinajstić information content (AvgIpc) is 3.32. The van der Waals surface area contributed by atoms with Crippen LogP contribution < -0.4 is 10.1 Å². The molecule has 4 rings (SSSR count). The van der Waals surface area contributed by atoms with Crippen molar-refractivity contribution in [3.63, 3.8) is 0 Å². The van der Waals surface area contributed by atoms with Crippen molar-refractivity contribution in [2.24, 2.45) is 18.9 Å². The molecule has 2 N–H and O–H groups in total. The third-order valence-corrected chi connectivity index (χ3v) is 4.82. The van der Waals surface area contributed by atoms with E-state index in [1.165, 1.54) is 0 Å². The molecular formula is C17H20F3N7O. The standard InChI is InChI=1S/C17H20F3N7O/c1-26-6-10(13(8-26)17(18,19)20)9-28-15-12-3-4-21-14(12)24-16(25-15)23-11-5-22-27(2)7-11/h3-5,7,10,13H,6,8-9H2,1-2H3,(H2,21,23,24,25)/t10?,13-/m1/s1. The van der Waals surface area contributed by atoms with Crippen molar-refractivity contribution in [3.8, 4) is 5.88 Å². The Bertz CT molecular complexity index is 967. The summed E-state index contributed by atoms with van der Waals surface area (Å²) in [5, 5.41) is 7.70. The van der Waals surface area contributed by atoms with E-state index < -0.39 is 18.0 Å². The summed E-state index contributed by atoms with van der Waals surface area (Å²) in [5.41, 5.74) is 1.22. The number of fused-ring (bicyclic) bond motifs is 1. The zero-order valence-electron chi connectivity index (χ0n) is 15.4. The summed E-state index contributed by atoms with van der Waals surface area (Å²) in [4.78, 5) is 13.4. The van der Waals surface area contributed by atoms with E-state index in [-0.39, 0.29) is 25.0 Å². The fourth-order valence-corrected chi connectivity index (χ4v) is 3.51. The predicted molar refractivity (Wildman–Crippen MR) is 96.4 cm³/mol. The molecule has 8 nitrogen and oxygen atoms in total. The van der Waals surface area contributed by atoms with Crippen LogP contribution in [0.1, 0.15) is 0 Å². The van der Waals surface area contributed by atoms with Gasteiger partial charge in [-0.25, -0.2) is 0 Å². The highest BCUT2D eigenvalue weighted by Gasteiger charge is 2.49. The Morgan fingerprint density at radius 1 is 1.29 bits per heavy atom. The van der Waals surface area contributed by atoms with Gasteiger partial charge in [0.1, 0.15) is 5.65 Å². The fraction of sp³-hybridized carbons (Fsp3) is 0.471. The first kappa shape index (κ1) is 18.5. The van der Waals surface area contributed by atoms with Gasteiger partial charge in [0, 0.05) is 38.4 Å². The number of nitrogens with zero attached hydrogens (tertiary/aromatic N) is 5. The summed E-state index contributed by atoms with van der Waals surface area (Å²) in [6, 6.07) is 1.74. The number of H-pyrrole nitrogens is 1. The number of halogens is 3. The zero-order chi connectivity index (χ0) is 19.9. The second kappa shape index (κ2) is 6.97. The highest BCUT2D eigenvalue weighted by Crippen LogP contribution is 2.37. The van der Waals surface area contributed by atoms with Gasteiger partial charge in [-0.2, -0.15) is 28.2 Å². The predicted octanol–water partition coefficient (Wildman–Crippen LogP) is 2.55. The Morgan fingerprint density at radius 3 is 2.82 bits per heavy atom. The molecule has 0 aromatic carbocycles. The van der Waals surface area contributed by atoms with Crippen LogP contribution in [-0.4, -0.2) is 62.6 Å². The number of rotatable bonds is 5. The molecule has 4 heterocycles. The minimum atomic E-state index is -4.25. The van der Waals surface area contributed by atoms with E-state index in [0.717, 1.165) is 0 Å². The Balaban J connectivity index is 1.55. The van der Waals surface area contributed by atoms with Crippen LogP contribution >= 0.6 is 0 Å². The fourth-order valence-electron chi connectivity index (χ4n) is 3.51. The van der Waals surface area contributed by atoms with Crippen LogP contribution in [-0.2, 0) is 7.05 Å². The van der Waals surface area contributed by atoms with Gasteiger partial charge < -0.3 is 19.9 Å². The lowest BCUT2D eigenvalue weighted by Crippen LogP contribution is -2.32. The molecule has 0 bridgehead atoms. The smallest absolute Gasteiger partial charge is 0.393 e. The van der Waals surface area contributed by atoms with Crippen LogP contribution in [0.25, 0.3) is 11.0 Å². The molecule has 28 heavy (non-hydrogen) atoms. The molecular weight excluding hydrogens is 375 g/mol. The van der Waals surface area contributed by atoms with E-state index >= 15 is 0 Å². The summed E-state index contributed by atoms with van der Waals surface area (Å²) in [7, 11) is 3.47. The average molecular weight is 395 g/mol. The molecule has 1 unspecified atom stereocenters. The van der Waals surface area contributed by atoms with E-state index in [2.05, 4.69) is 25.4 Å². The summed E-state index contributed by atoms with van der Waals surface area (Å²) in [6.07, 6.45) is 0.805. The third-order valence-electron chi connectivity index (χ3n) is 4.82. The molecule has 0 saturated carbocycles. The zero-order valence-corrected chi connectivity index (χ0v) is 15.4. The second-order valence-corrected chi connectivity index (χ2v) is 7.06. The SMILES string of the molecule is CN1CC(COc2nc(Nc3cnn(C)c3)nc3[nH]ccc23)[C@H](C(F)(F)F)C1. The molecule has 150 valence electrons. The van der Waals surface area contributed by atoms with Crippen LogP contribution in [0, 0.1) is 11.8 Å². The number of nitrogens with one attached hydrogen (secondary N) is 2. The van der Waals surface area contributed by atoms with Crippen LogP contribution in [0.2, 0.25) is 0 Å². The van der Waals surface area contributed by atoms with Gasteiger partial charge in [-0.3, -0.25) is 4.68 Å². The number of likely N-dealkylation sites (tertiary alicyclic amines) is 1. The molecule has 3 aromatic heterocycles. The van der Waals surface area contributed by atoms with Crippen LogP contribution in [0.15, 0.2) is 24.7 Å². The van der Waals surface area contributed by atoms with Crippen LogP contribution in [0.3, 0.4) is 0 Å². The molecule has 11 heteroatoms. The summed E-state index contributed by atoms with van der Waals surface area (Å²) in [5.74, 6) is -1.54. The Labute approximate surface area is 158 Å². The van der Waals surface area contributed by atoms with Gasteiger partial charge >= 0.3 is 6.18 Å². The third kappa shape index (κ3) is 3.75. The maximum Gasteiger partial charge on any atom is 0.393 e. The Hall–Kier alpha value is -2.82. The number of aryl methyl sites for hydroxylation is 1. The molecule has 2 atom stereocenters. The van der Waals surface area contributed by atoms with E-state index in [1.54, 1.807) is 48.3 Å². The first-order chi connectivity index (χ1) is 13.3. The van der Waals surface area contributed by atoms with Gasteiger partial charge in [0.05, 0.1) is 29.8 Å². The van der Waals surface area contributed by atoms with Gasteiger partial charge in [-0.15, -0.1) is 0 Å². The molecule has 1 saturated heterocycles. The highest BCUT2D eigenvalue weighted by atomic mass is 19.4. The molecule has 1 aliphatic heterocycles. The molecule has 1 aliphatic rings. The number of hydrogen-bond donors (Lipinski definition) is 2. The quantitative estimate of drug-likeness (QED) is 0.691.